The van der Waals surface area contributed by atoms with E-state index in [1.54, 1.807) is 24.3 Å². The third-order valence-corrected chi connectivity index (χ3v) is 2.78. The van der Waals surface area contributed by atoms with Crippen molar-refractivity contribution in [2.45, 2.75) is 19.4 Å². The van der Waals surface area contributed by atoms with E-state index in [1.807, 2.05) is 6.07 Å². The van der Waals surface area contributed by atoms with Gasteiger partial charge in [-0.3, -0.25) is 4.79 Å². The van der Waals surface area contributed by atoms with Crippen LogP contribution in [0.2, 0.25) is 0 Å². The number of ether oxygens (including phenoxy) is 2. The minimum Gasteiger partial charge on any atom is -0.463 e. The lowest BCUT2D eigenvalue weighted by Crippen LogP contribution is -2.30. The second-order valence-electron chi connectivity index (χ2n) is 4.50. The molecule has 1 heterocycles. The molecule has 1 aliphatic rings. The fourth-order valence-corrected chi connectivity index (χ4v) is 1.83. The van der Waals surface area contributed by atoms with Crippen LogP contribution in [0, 0.1) is 0 Å². The average Bonchev–Trinajstić information content (AvgIpc) is 2.84. The van der Waals surface area contributed by atoms with E-state index in [9.17, 15) is 14.4 Å². The molecule has 1 atom stereocenters. The highest BCUT2D eigenvalue weighted by Crippen LogP contribution is 2.13. The number of rotatable bonds is 4. The Bertz CT molecular complexity index is 579. The van der Waals surface area contributed by atoms with Crippen LogP contribution in [0.25, 0.3) is 6.08 Å². The molecule has 2 rings (SSSR count). The number of cyclic esters (lactones) is 1. The normalized spacial score (nSPS) is 18.0. The predicted molar refractivity (Wildman–Crippen MR) is 73.7 cm³/mol. The fourth-order valence-electron chi connectivity index (χ4n) is 1.83. The van der Waals surface area contributed by atoms with Crippen LogP contribution in [0.3, 0.4) is 0 Å². The van der Waals surface area contributed by atoms with Crippen molar-refractivity contribution in [1.29, 1.82) is 0 Å². The van der Waals surface area contributed by atoms with Gasteiger partial charge in [0.15, 0.2) is 0 Å². The Morgan fingerprint density at radius 1 is 1.33 bits per heavy atom. The van der Waals surface area contributed by atoms with Gasteiger partial charge in [0, 0.05) is 13.3 Å². The van der Waals surface area contributed by atoms with Gasteiger partial charge in [0.1, 0.15) is 5.70 Å². The van der Waals surface area contributed by atoms with Crippen LogP contribution < -0.4 is 5.32 Å². The first-order valence-corrected chi connectivity index (χ1v) is 6.48. The molecule has 0 bridgehead atoms. The summed E-state index contributed by atoms with van der Waals surface area (Å²) in [6.45, 7) is 1.52. The Hall–Kier alpha value is -2.63. The number of benzene rings is 1. The molecule has 1 amide bonds. The van der Waals surface area contributed by atoms with E-state index in [-0.39, 0.29) is 12.3 Å². The van der Waals surface area contributed by atoms with Gasteiger partial charge in [-0.05, 0) is 11.6 Å². The number of carbonyl (C=O) groups excluding carboxylic acids is 3. The van der Waals surface area contributed by atoms with E-state index in [0.29, 0.717) is 6.42 Å². The van der Waals surface area contributed by atoms with Crippen LogP contribution in [0.4, 0.5) is 0 Å². The molecule has 0 aliphatic carbocycles. The van der Waals surface area contributed by atoms with Gasteiger partial charge in [-0.25, -0.2) is 9.59 Å². The Kier molecular flexibility index (Phi) is 4.71. The maximum absolute atomic E-state index is 12.1. The summed E-state index contributed by atoms with van der Waals surface area (Å²) < 4.78 is 9.78. The SMILES string of the molecule is CC(=O)NC(=Cc1ccccc1)C(=O)O[C@@H]1CCOC1=O. The van der Waals surface area contributed by atoms with Crippen molar-refractivity contribution in [3.05, 3.63) is 41.6 Å². The first kappa shape index (κ1) is 14.8. The molecule has 1 saturated heterocycles. The third kappa shape index (κ3) is 4.17. The summed E-state index contributed by atoms with van der Waals surface area (Å²) in [6.07, 6.45) is 0.901. The van der Waals surface area contributed by atoms with E-state index in [4.69, 9.17) is 9.47 Å². The monoisotopic (exact) mass is 289 g/mol. The number of esters is 2. The van der Waals surface area contributed by atoms with Crippen LogP contribution >= 0.6 is 0 Å². The highest BCUT2D eigenvalue weighted by atomic mass is 16.6. The number of carbonyl (C=O) groups is 3. The van der Waals surface area contributed by atoms with Crippen molar-refractivity contribution in [2.75, 3.05) is 6.61 Å². The average molecular weight is 289 g/mol. The lowest BCUT2D eigenvalue weighted by Gasteiger charge is -2.11. The van der Waals surface area contributed by atoms with Gasteiger partial charge in [-0.2, -0.15) is 0 Å². The molecular formula is C15H15NO5. The number of hydrogen-bond donors (Lipinski definition) is 1. The first-order chi connectivity index (χ1) is 10.1. The highest BCUT2D eigenvalue weighted by molar-refractivity contribution is 5.98. The van der Waals surface area contributed by atoms with Crippen LogP contribution in [0.5, 0.6) is 0 Å². The highest BCUT2D eigenvalue weighted by Gasteiger charge is 2.31. The minimum absolute atomic E-state index is 0.0200. The number of nitrogens with one attached hydrogen (secondary N) is 1. The molecule has 1 fully saturated rings. The molecule has 0 spiro atoms. The zero-order valence-electron chi connectivity index (χ0n) is 11.5. The molecule has 0 aromatic heterocycles. The Morgan fingerprint density at radius 3 is 2.62 bits per heavy atom. The first-order valence-electron chi connectivity index (χ1n) is 6.48. The molecule has 6 nitrogen and oxygen atoms in total. The molecular weight excluding hydrogens is 274 g/mol. The van der Waals surface area contributed by atoms with Crippen molar-refractivity contribution < 1.29 is 23.9 Å². The molecule has 110 valence electrons. The van der Waals surface area contributed by atoms with Crippen molar-refractivity contribution in [3.63, 3.8) is 0 Å². The van der Waals surface area contributed by atoms with E-state index >= 15 is 0 Å². The van der Waals surface area contributed by atoms with E-state index in [0.717, 1.165) is 5.56 Å². The number of amides is 1. The zero-order valence-corrected chi connectivity index (χ0v) is 11.5. The summed E-state index contributed by atoms with van der Waals surface area (Å²) in [5.41, 5.74) is 0.709. The predicted octanol–water partition coefficient (Wildman–Crippen LogP) is 1.02. The summed E-state index contributed by atoms with van der Waals surface area (Å²) in [4.78, 5) is 34.6. The Morgan fingerprint density at radius 2 is 2.05 bits per heavy atom. The zero-order chi connectivity index (χ0) is 15.2. The standard InChI is InChI=1S/C15H15NO5/c1-10(17)16-12(9-11-5-3-2-4-6-11)14(18)21-13-7-8-20-15(13)19/h2-6,9,13H,7-8H2,1H3,(H,16,17)/t13-/m1/s1. The van der Waals surface area contributed by atoms with Crippen LogP contribution in [-0.2, 0) is 23.9 Å². The van der Waals surface area contributed by atoms with Gasteiger partial charge in [0.25, 0.3) is 0 Å². The smallest absolute Gasteiger partial charge is 0.355 e. The van der Waals surface area contributed by atoms with Crippen molar-refractivity contribution in [1.82, 2.24) is 5.32 Å². The Labute approximate surface area is 121 Å². The lowest BCUT2D eigenvalue weighted by atomic mass is 10.2. The van der Waals surface area contributed by atoms with Gasteiger partial charge >= 0.3 is 11.9 Å². The van der Waals surface area contributed by atoms with Crippen molar-refractivity contribution >= 4 is 23.9 Å². The molecule has 0 saturated carbocycles. The van der Waals surface area contributed by atoms with Crippen LogP contribution in [0.15, 0.2) is 36.0 Å². The summed E-state index contributed by atoms with van der Waals surface area (Å²) in [7, 11) is 0. The van der Waals surface area contributed by atoms with E-state index in [2.05, 4.69) is 5.32 Å². The summed E-state index contributed by atoms with van der Waals surface area (Å²) >= 11 is 0. The molecule has 21 heavy (non-hydrogen) atoms. The summed E-state index contributed by atoms with van der Waals surface area (Å²) in [5.74, 6) is -1.73. The molecule has 6 heteroatoms. The van der Waals surface area contributed by atoms with Gasteiger partial charge in [0.2, 0.25) is 12.0 Å². The fraction of sp³-hybridized carbons (Fsp3) is 0.267. The Balaban J connectivity index is 2.15. The van der Waals surface area contributed by atoms with Gasteiger partial charge < -0.3 is 14.8 Å². The molecule has 1 aromatic carbocycles. The van der Waals surface area contributed by atoms with Gasteiger partial charge in [0.05, 0.1) is 6.61 Å². The molecule has 1 aliphatic heterocycles. The second kappa shape index (κ2) is 6.69. The maximum atomic E-state index is 12.1. The van der Waals surface area contributed by atoms with Crippen molar-refractivity contribution in [2.24, 2.45) is 0 Å². The van der Waals surface area contributed by atoms with E-state index in [1.165, 1.54) is 13.0 Å². The quantitative estimate of drug-likeness (QED) is 0.661. The molecule has 0 unspecified atom stereocenters. The summed E-state index contributed by atoms with van der Waals surface area (Å²) in [5, 5.41) is 2.41. The van der Waals surface area contributed by atoms with Crippen LogP contribution in [-0.4, -0.2) is 30.6 Å². The molecule has 1 N–H and O–H groups in total. The molecule has 1 aromatic rings. The topological polar surface area (TPSA) is 81.7 Å². The lowest BCUT2D eigenvalue weighted by molar-refractivity contribution is -0.157. The van der Waals surface area contributed by atoms with Gasteiger partial charge in [-0.1, -0.05) is 30.3 Å². The maximum Gasteiger partial charge on any atom is 0.355 e. The number of hydrogen-bond acceptors (Lipinski definition) is 5. The van der Waals surface area contributed by atoms with Crippen LogP contribution in [0.1, 0.15) is 18.9 Å². The van der Waals surface area contributed by atoms with Crippen molar-refractivity contribution in [3.8, 4) is 0 Å². The minimum atomic E-state index is -0.912. The van der Waals surface area contributed by atoms with E-state index < -0.39 is 23.9 Å². The second-order valence-corrected chi connectivity index (χ2v) is 4.50. The third-order valence-electron chi connectivity index (χ3n) is 2.78. The van der Waals surface area contributed by atoms with Gasteiger partial charge in [-0.15, -0.1) is 0 Å². The molecule has 0 radical (unpaired) electrons. The largest absolute Gasteiger partial charge is 0.463 e. The summed E-state index contributed by atoms with van der Waals surface area (Å²) in [6, 6.07) is 8.99.